The second-order valence-corrected chi connectivity index (χ2v) is 12.4. The molecule has 0 unspecified atom stereocenters. The predicted molar refractivity (Wildman–Crippen MR) is 203 cm³/mol. The van der Waals surface area contributed by atoms with Gasteiger partial charge in [-0.2, -0.15) is 0 Å². The normalized spacial score (nSPS) is 11.6. The summed E-state index contributed by atoms with van der Waals surface area (Å²) in [7, 11) is 0. The Labute approximate surface area is 287 Å². The van der Waals surface area contributed by atoms with Gasteiger partial charge in [0.25, 0.3) is 0 Å². The zero-order chi connectivity index (χ0) is 33.0. The molecule has 50 heavy (non-hydrogen) atoms. The van der Waals surface area contributed by atoms with E-state index in [0.717, 1.165) is 77.2 Å². The first-order valence-corrected chi connectivity index (χ1v) is 16.7. The number of hydrogen-bond donors (Lipinski definition) is 0. The number of benzene rings is 7. The largest absolute Gasteiger partial charge is 0.455 e. The first kappa shape index (κ1) is 28.2. The molecule has 0 saturated carbocycles. The van der Waals surface area contributed by atoms with Crippen molar-refractivity contribution in [1.82, 2.24) is 19.5 Å². The predicted octanol–water partition coefficient (Wildman–Crippen LogP) is 11.5. The number of para-hydroxylation sites is 3. The van der Waals surface area contributed by atoms with Crippen LogP contribution in [0.4, 0.5) is 0 Å². The van der Waals surface area contributed by atoms with Crippen molar-refractivity contribution in [1.29, 1.82) is 0 Å². The van der Waals surface area contributed by atoms with Crippen molar-refractivity contribution >= 4 is 43.7 Å². The molecule has 0 spiro atoms. The molecule has 0 aliphatic carbocycles. The van der Waals surface area contributed by atoms with E-state index in [1.165, 1.54) is 0 Å². The monoisotopic (exact) mass is 640 g/mol. The summed E-state index contributed by atoms with van der Waals surface area (Å²) < 4.78 is 8.87. The Hall–Kier alpha value is -6.85. The van der Waals surface area contributed by atoms with E-state index >= 15 is 0 Å². The van der Waals surface area contributed by atoms with Crippen LogP contribution in [0, 0.1) is 0 Å². The van der Waals surface area contributed by atoms with Crippen molar-refractivity contribution in [3.8, 4) is 51.0 Å². The number of hydrogen-bond acceptors (Lipinski definition) is 4. The summed E-state index contributed by atoms with van der Waals surface area (Å²) in [5.41, 5.74) is 10.0. The highest BCUT2D eigenvalue weighted by molar-refractivity contribution is 6.19. The van der Waals surface area contributed by atoms with Crippen molar-refractivity contribution in [2.45, 2.75) is 0 Å². The Morgan fingerprint density at radius 3 is 1.70 bits per heavy atom. The summed E-state index contributed by atoms with van der Waals surface area (Å²) in [5.74, 6) is 1.90. The Kier molecular flexibility index (Phi) is 6.42. The number of nitrogens with zero attached hydrogens (tertiary/aromatic N) is 4. The summed E-state index contributed by atoms with van der Waals surface area (Å²) in [6.07, 6.45) is 0. The highest BCUT2D eigenvalue weighted by Gasteiger charge is 2.21. The van der Waals surface area contributed by atoms with Gasteiger partial charge in [0.05, 0.1) is 11.0 Å². The highest BCUT2D eigenvalue weighted by atomic mass is 16.3. The van der Waals surface area contributed by atoms with Crippen molar-refractivity contribution < 1.29 is 4.42 Å². The molecule has 0 radical (unpaired) electrons. The maximum Gasteiger partial charge on any atom is 0.164 e. The first-order chi connectivity index (χ1) is 24.8. The second-order valence-electron chi connectivity index (χ2n) is 12.4. The van der Waals surface area contributed by atoms with Crippen LogP contribution in [0.25, 0.3) is 94.7 Å². The lowest BCUT2D eigenvalue weighted by Crippen LogP contribution is -2.00. The number of furan rings is 1. The molecule has 0 aliphatic rings. The summed E-state index contributed by atoms with van der Waals surface area (Å²) in [6.45, 7) is 0. The summed E-state index contributed by atoms with van der Waals surface area (Å²) in [6, 6.07) is 58.5. The third-order valence-corrected chi connectivity index (χ3v) is 9.46. The highest BCUT2D eigenvalue weighted by Crippen LogP contribution is 2.43. The molecule has 0 bridgehead atoms. The average molecular weight is 641 g/mol. The smallest absolute Gasteiger partial charge is 0.164 e. The van der Waals surface area contributed by atoms with Gasteiger partial charge in [-0.15, -0.1) is 0 Å². The van der Waals surface area contributed by atoms with Crippen LogP contribution in [0.15, 0.2) is 174 Å². The number of rotatable bonds is 5. The van der Waals surface area contributed by atoms with E-state index in [4.69, 9.17) is 19.4 Å². The van der Waals surface area contributed by atoms with Gasteiger partial charge in [-0.3, -0.25) is 0 Å². The Bertz CT molecular complexity index is 2800. The Morgan fingerprint density at radius 2 is 0.980 bits per heavy atom. The van der Waals surface area contributed by atoms with E-state index in [2.05, 4.69) is 102 Å². The van der Waals surface area contributed by atoms with Crippen LogP contribution in [0.2, 0.25) is 0 Å². The van der Waals surface area contributed by atoms with Gasteiger partial charge in [-0.05, 0) is 35.9 Å². The third-order valence-electron chi connectivity index (χ3n) is 9.46. The zero-order valence-electron chi connectivity index (χ0n) is 26.9. The molecule has 10 rings (SSSR count). The Morgan fingerprint density at radius 1 is 0.400 bits per heavy atom. The number of fused-ring (bicyclic) bond motifs is 6. The van der Waals surface area contributed by atoms with Crippen LogP contribution in [-0.2, 0) is 0 Å². The molecule has 10 aromatic rings. The minimum atomic E-state index is 0.622. The molecule has 3 aromatic heterocycles. The molecule has 234 valence electrons. The van der Waals surface area contributed by atoms with Gasteiger partial charge in [0.15, 0.2) is 17.5 Å². The lowest BCUT2D eigenvalue weighted by atomic mass is 9.97. The van der Waals surface area contributed by atoms with E-state index in [9.17, 15) is 0 Å². The minimum Gasteiger partial charge on any atom is -0.455 e. The molecule has 7 aromatic carbocycles. The van der Waals surface area contributed by atoms with E-state index in [-0.39, 0.29) is 0 Å². The fourth-order valence-electron chi connectivity index (χ4n) is 7.18. The fraction of sp³-hybridized carbons (Fsp3) is 0. The van der Waals surface area contributed by atoms with Gasteiger partial charge in [-0.25, -0.2) is 15.0 Å². The molecule has 0 atom stereocenters. The average Bonchev–Trinajstić information content (AvgIpc) is 3.74. The molecule has 0 saturated heterocycles. The van der Waals surface area contributed by atoms with Crippen LogP contribution < -0.4 is 0 Å². The van der Waals surface area contributed by atoms with Crippen LogP contribution >= 0.6 is 0 Å². The summed E-state index contributed by atoms with van der Waals surface area (Å²) in [5, 5.41) is 4.53. The number of aromatic nitrogens is 4. The molecule has 3 heterocycles. The molecule has 0 N–H and O–H groups in total. The lowest BCUT2D eigenvalue weighted by Gasteiger charge is -2.10. The maximum absolute atomic E-state index is 6.53. The molecule has 0 aliphatic heterocycles. The van der Waals surface area contributed by atoms with Crippen LogP contribution in [0.5, 0.6) is 0 Å². The van der Waals surface area contributed by atoms with Crippen LogP contribution in [-0.4, -0.2) is 19.5 Å². The third kappa shape index (κ3) is 4.52. The summed E-state index contributed by atoms with van der Waals surface area (Å²) >= 11 is 0. The van der Waals surface area contributed by atoms with Crippen molar-refractivity contribution in [3.63, 3.8) is 0 Å². The fourth-order valence-corrected chi connectivity index (χ4v) is 7.18. The van der Waals surface area contributed by atoms with E-state index in [1.54, 1.807) is 0 Å². The van der Waals surface area contributed by atoms with Gasteiger partial charge < -0.3 is 8.98 Å². The van der Waals surface area contributed by atoms with E-state index < -0.39 is 0 Å². The Balaban J connectivity index is 1.25. The van der Waals surface area contributed by atoms with Gasteiger partial charge in [0.2, 0.25) is 0 Å². The minimum absolute atomic E-state index is 0.622. The molecule has 5 heteroatoms. The van der Waals surface area contributed by atoms with Crippen molar-refractivity contribution in [2.24, 2.45) is 0 Å². The standard InChI is InChI=1S/C45H28N4O/c1-4-14-29(15-5-1)43-46-44(30-16-6-2-7-17-30)48-45(47-43)31-26-27-37-39(28-31)49(32-18-8-3-9-19-32)38-24-13-21-34(41(37)38)36-23-12-22-35-33-20-10-11-25-40(33)50-42(35)36/h1-28H. The molecule has 0 fully saturated rings. The quantitative estimate of drug-likeness (QED) is 0.188. The van der Waals surface area contributed by atoms with Crippen molar-refractivity contribution in [2.75, 3.05) is 0 Å². The molecule has 0 amide bonds. The van der Waals surface area contributed by atoms with Gasteiger partial charge in [0, 0.05) is 49.5 Å². The van der Waals surface area contributed by atoms with Gasteiger partial charge >= 0.3 is 0 Å². The van der Waals surface area contributed by atoms with Gasteiger partial charge in [-0.1, -0.05) is 140 Å². The van der Waals surface area contributed by atoms with Crippen LogP contribution in [0.3, 0.4) is 0 Å². The molecular weight excluding hydrogens is 613 g/mol. The van der Waals surface area contributed by atoms with E-state index in [1.807, 2.05) is 72.8 Å². The topological polar surface area (TPSA) is 56.7 Å². The SMILES string of the molecule is c1ccc(-c2nc(-c3ccccc3)nc(-c3ccc4c5c(-c6cccc7c6oc6ccccc67)cccc5n(-c5ccccc5)c4c3)n2)cc1. The summed E-state index contributed by atoms with van der Waals surface area (Å²) in [4.78, 5) is 15.0. The molecule has 5 nitrogen and oxygen atoms in total. The van der Waals surface area contributed by atoms with E-state index in [0.29, 0.717) is 17.5 Å². The van der Waals surface area contributed by atoms with Crippen LogP contribution in [0.1, 0.15) is 0 Å². The van der Waals surface area contributed by atoms with Crippen molar-refractivity contribution in [3.05, 3.63) is 170 Å². The zero-order valence-corrected chi connectivity index (χ0v) is 26.9. The lowest BCUT2D eigenvalue weighted by molar-refractivity contribution is 0.670. The molecular formula is C45H28N4O. The maximum atomic E-state index is 6.53. The van der Waals surface area contributed by atoms with Gasteiger partial charge in [0.1, 0.15) is 11.2 Å². The first-order valence-electron chi connectivity index (χ1n) is 16.7. The second kappa shape index (κ2) is 11.4.